The average Bonchev–Trinajstić information content (AvgIpc) is 3.40. The van der Waals surface area contributed by atoms with Crippen molar-refractivity contribution in [2.45, 2.75) is 35.3 Å². The molecule has 4 rings (SSSR count). The number of nitrogens with one attached hydrogen (secondary N) is 1. The number of thioether (sulfide) groups is 1. The molecular formula is C20H21Cl2N3S3. The number of benzene rings is 1. The molecule has 1 aliphatic rings. The minimum absolute atomic E-state index is 0. The van der Waals surface area contributed by atoms with E-state index in [9.17, 15) is 0 Å². The lowest BCUT2D eigenvalue weighted by molar-refractivity contribution is 0.522. The number of aromatic nitrogens is 1. The molecule has 1 aliphatic carbocycles. The number of nitrogens with two attached hydrogens (primary N) is 1. The number of hydrogen-bond donors (Lipinski definition) is 2. The van der Waals surface area contributed by atoms with Crippen LogP contribution in [0, 0.1) is 5.41 Å². The van der Waals surface area contributed by atoms with E-state index in [1.165, 1.54) is 18.4 Å². The van der Waals surface area contributed by atoms with Crippen molar-refractivity contribution in [1.82, 2.24) is 4.98 Å². The monoisotopic (exact) mass is 469 g/mol. The van der Waals surface area contributed by atoms with Gasteiger partial charge in [-0.05, 0) is 42.9 Å². The Bertz CT molecular complexity index is 973. The van der Waals surface area contributed by atoms with Crippen LogP contribution in [0.3, 0.4) is 0 Å². The summed E-state index contributed by atoms with van der Waals surface area (Å²) in [6.45, 7) is 0. The summed E-state index contributed by atoms with van der Waals surface area (Å²) >= 11 is 11.1. The van der Waals surface area contributed by atoms with Gasteiger partial charge in [-0.15, -0.1) is 46.8 Å². The molecule has 0 aliphatic heterocycles. The topological polar surface area (TPSA) is 62.8 Å². The van der Waals surface area contributed by atoms with Crippen molar-refractivity contribution in [3.05, 3.63) is 56.9 Å². The predicted molar refractivity (Wildman–Crippen MR) is 126 cm³/mol. The molecule has 0 radical (unpaired) electrons. The van der Waals surface area contributed by atoms with Gasteiger partial charge in [0.15, 0.2) is 0 Å². The van der Waals surface area contributed by atoms with Crippen LogP contribution >= 0.6 is 58.4 Å². The fourth-order valence-electron chi connectivity index (χ4n) is 3.87. The molecule has 1 saturated carbocycles. The van der Waals surface area contributed by atoms with E-state index in [0.717, 1.165) is 43.2 Å². The molecule has 8 heteroatoms. The number of hydrogen-bond acceptors (Lipinski definition) is 5. The highest BCUT2D eigenvalue weighted by Crippen LogP contribution is 2.48. The van der Waals surface area contributed by atoms with Crippen LogP contribution in [-0.4, -0.2) is 17.1 Å². The summed E-state index contributed by atoms with van der Waals surface area (Å²) in [5.74, 6) is 0.117. The second kappa shape index (κ2) is 8.76. The van der Waals surface area contributed by atoms with Gasteiger partial charge in [0.25, 0.3) is 0 Å². The number of rotatable bonds is 5. The van der Waals surface area contributed by atoms with Gasteiger partial charge in [0, 0.05) is 21.4 Å². The van der Waals surface area contributed by atoms with E-state index in [1.807, 2.05) is 18.2 Å². The van der Waals surface area contributed by atoms with Gasteiger partial charge in [0.1, 0.15) is 10.8 Å². The van der Waals surface area contributed by atoms with Crippen molar-refractivity contribution in [2.24, 2.45) is 5.73 Å². The number of halogens is 2. The Hall–Kier alpha value is -1.05. The molecule has 3 N–H and O–H groups in total. The smallest absolute Gasteiger partial charge is 0.133 e. The van der Waals surface area contributed by atoms with Gasteiger partial charge >= 0.3 is 0 Å². The summed E-state index contributed by atoms with van der Waals surface area (Å²) in [5.41, 5.74) is 9.24. The van der Waals surface area contributed by atoms with E-state index in [-0.39, 0.29) is 23.7 Å². The van der Waals surface area contributed by atoms with Gasteiger partial charge < -0.3 is 5.73 Å². The molecule has 1 fully saturated rings. The van der Waals surface area contributed by atoms with Gasteiger partial charge in [-0.1, -0.05) is 36.6 Å². The Morgan fingerprint density at radius 2 is 1.93 bits per heavy atom. The highest BCUT2D eigenvalue weighted by molar-refractivity contribution is 8.00. The number of thiophene rings is 1. The van der Waals surface area contributed by atoms with Crippen molar-refractivity contribution in [1.29, 1.82) is 5.41 Å². The van der Waals surface area contributed by atoms with Gasteiger partial charge in [-0.2, -0.15) is 0 Å². The Kier molecular flexibility index (Phi) is 6.77. The first-order chi connectivity index (χ1) is 13.0. The highest BCUT2D eigenvalue weighted by Gasteiger charge is 2.39. The van der Waals surface area contributed by atoms with E-state index in [2.05, 4.69) is 23.8 Å². The first-order valence-corrected chi connectivity index (χ1v) is 12.1. The summed E-state index contributed by atoms with van der Waals surface area (Å²) in [6, 6.07) is 10.3. The van der Waals surface area contributed by atoms with Crippen LogP contribution < -0.4 is 5.73 Å². The Balaban J connectivity index is 0.00000225. The van der Waals surface area contributed by atoms with E-state index < -0.39 is 0 Å². The molecule has 0 unspecified atom stereocenters. The second-order valence-corrected chi connectivity index (χ2v) is 10.2. The number of amidine groups is 1. The summed E-state index contributed by atoms with van der Waals surface area (Å²) in [4.78, 5) is 5.89. The van der Waals surface area contributed by atoms with Gasteiger partial charge in [0.2, 0.25) is 0 Å². The van der Waals surface area contributed by atoms with E-state index in [4.69, 9.17) is 27.7 Å². The molecule has 148 valence electrons. The fraction of sp³-hybridized carbons (Fsp3) is 0.300. The van der Waals surface area contributed by atoms with Crippen LogP contribution in [-0.2, 0) is 5.41 Å². The summed E-state index contributed by atoms with van der Waals surface area (Å²) < 4.78 is 1.16. The molecule has 28 heavy (non-hydrogen) atoms. The molecule has 0 saturated heterocycles. The maximum Gasteiger partial charge on any atom is 0.133 e. The molecule has 2 aromatic heterocycles. The van der Waals surface area contributed by atoms with Crippen LogP contribution in [0.15, 0.2) is 39.9 Å². The standard InChI is InChI=1S/C20H20ClN3S3.ClH/c1-25-19-14(10-15(27-19)17(22)23)18-24-16(11-26-18)20(8-2-3-9-20)12-4-6-13(21)7-5-12;/h4-7,10-11H,2-3,8-9H2,1H3,(H3,22,23);1H. The normalized spacial score (nSPS) is 15.4. The lowest BCUT2D eigenvalue weighted by atomic mass is 9.76. The van der Waals surface area contributed by atoms with Gasteiger partial charge in [-0.3, -0.25) is 5.41 Å². The molecule has 1 aromatic carbocycles. The first-order valence-electron chi connectivity index (χ1n) is 8.78. The van der Waals surface area contributed by atoms with Gasteiger partial charge in [-0.25, -0.2) is 4.98 Å². The second-order valence-electron chi connectivity index (χ2n) is 6.76. The van der Waals surface area contributed by atoms with Crippen LogP contribution in [0.4, 0.5) is 0 Å². The molecule has 3 aromatic rings. The fourth-order valence-corrected chi connectivity index (χ4v) is 6.79. The SMILES string of the molecule is CSc1sc(C(=N)N)cc1-c1nc(C2(c3ccc(Cl)cc3)CCCC2)cs1.Cl. The molecule has 3 nitrogen and oxygen atoms in total. The summed E-state index contributed by atoms with van der Waals surface area (Å²) in [7, 11) is 0. The van der Waals surface area contributed by atoms with Crippen LogP contribution in [0.5, 0.6) is 0 Å². The van der Waals surface area contributed by atoms with Crippen molar-refractivity contribution >= 4 is 64.3 Å². The Labute approximate surface area is 188 Å². The van der Waals surface area contributed by atoms with Crippen LogP contribution in [0.1, 0.15) is 41.8 Å². The molecule has 0 bridgehead atoms. The largest absolute Gasteiger partial charge is 0.383 e. The third-order valence-electron chi connectivity index (χ3n) is 5.23. The molecular weight excluding hydrogens is 449 g/mol. The van der Waals surface area contributed by atoms with Gasteiger partial charge in [0.05, 0.1) is 14.8 Å². The molecule has 0 amide bonds. The number of thiazole rings is 1. The predicted octanol–water partition coefficient (Wildman–Crippen LogP) is 6.81. The number of nitrogens with zero attached hydrogens (tertiary/aromatic N) is 1. The summed E-state index contributed by atoms with van der Waals surface area (Å²) in [5, 5.41) is 11.7. The maximum absolute atomic E-state index is 7.74. The zero-order chi connectivity index (χ0) is 19.0. The minimum Gasteiger partial charge on any atom is -0.383 e. The minimum atomic E-state index is -0.0156. The van der Waals surface area contributed by atoms with E-state index in [0.29, 0.717) is 0 Å². The number of nitrogen functional groups attached to an aromatic ring is 1. The van der Waals surface area contributed by atoms with Crippen molar-refractivity contribution in [3.63, 3.8) is 0 Å². The average molecular weight is 471 g/mol. The molecule has 2 heterocycles. The first kappa shape index (κ1) is 21.7. The van der Waals surface area contributed by atoms with Crippen molar-refractivity contribution < 1.29 is 0 Å². The molecule has 0 atom stereocenters. The third kappa shape index (κ3) is 3.85. The lowest BCUT2D eigenvalue weighted by Gasteiger charge is -2.28. The molecule has 0 spiro atoms. The Morgan fingerprint density at radius 3 is 2.54 bits per heavy atom. The quantitative estimate of drug-likeness (QED) is 0.245. The van der Waals surface area contributed by atoms with E-state index in [1.54, 1.807) is 34.4 Å². The van der Waals surface area contributed by atoms with Crippen LogP contribution in [0.25, 0.3) is 10.6 Å². The lowest BCUT2D eigenvalue weighted by Crippen LogP contribution is -2.24. The zero-order valence-electron chi connectivity index (χ0n) is 15.3. The summed E-state index contributed by atoms with van der Waals surface area (Å²) in [6.07, 6.45) is 6.74. The maximum atomic E-state index is 7.74. The van der Waals surface area contributed by atoms with Crippen molar-refractivity contribution in [2.75, 3.05) is 6.26 Å². The highest BCUT2D eigenvalue weighted by atomic mass is 35.5. The van der Waals surface area contributed by atoms with Crippen molar-refractivity contribution in [3.8, 4) is 10.6 Å². The van der Waals surface area contributed by atoms with Crippen LogP contribution in [0.2, 0.25) is 5.02 Å². The Morgan fingerprint density at radius 1 is 1.25 bits per heavy atom. The third-order valence-corrected chi connectivity index (χ3v) is 8.66. The van der Waals surface area contributed by atoms with E-state index >= 15 is 0 Å². The zero-order valence-corrected chi connectivity index (χ0v) is 19.3.